The molecule has 4 nitrogen and oxygen atoms in total. The molecule has 0 saturated heterocycles. The highest BCUT2D eigenvalue weighted by molar-refractivity contribution is 9.10. The summed E-state index contributed by atoms with van der Waals surface area (Å²) in [4.78, 5) is 14.6. The molecule has 1 rings (SSSR count). The van der Waals surface area contributed by atoms with Gasteiger partial charge in [0, 0.05) is 29.9 Å². The quantitative estimate of drug-likeness (QED) is 0.773. The van der Waals surface area contributed by atoms with Gasteiger partial charge >= 0.3 is 0 Å². The number of anilines is 1. The van der Waals surface area contributed by atoms with Crippen molar-refractivity contribution < 1.29 is 9.53 Å². The highest BCUT2D eigenvalue weighted by Gasteiger charge is 2.23. The van der Waals surface area contributed by atoms with Crippen LogP contribution in [0.3, 0.4) is 0 Å². The van der Waals surface area contributed by atoms with E-state index in [4.69, 9.17) is 10.5 Å². The maximum atomic E-state index is 12.7. The number of carbonyl (C=O) groups is 1. The van der Waals surface area contributed by atoms with Gasteiger partial charge in [-0.2, -0.15) is 0 Å². The maximum absolute atomic E-state index is 12.7. The molecule has 0 aliphatic rings. The topological polar surface area (TPSA) is 55.6 Å². The number of rotatable bonds is 7. The molecule has 0 fully saturated rings. The van der Waals surface area contributed by atoms with Crippen molar-refractivity contribution in [1.29, 1.82) is 0 Å². The summed E-state index contributed by atoms with van der Waals surface area (Å²) >= 11 is 3.36. The van der Waals surface area contributed by atoms with Crippen molar-refractivity contribution in [3.05, 3.63) is 28.2 Å². The van der Waals surface area contributed by atoms with Crippen LogP contribution < -0.4 is 5.73 Å². The molecule has 0 heterocycles. The minimum absolute atomic E-state index is 0.0271. The van der Waals surface area contributed by atoms with Crippen LogP contribution in [-0.4, -0.2) is 37.1 Å². The third kappa shape index (κ3) is 4.21. The summed E-state index contributed by atoms with van der Waals surface area (Å²) < 4.78 is 5.99. The van der Waals surface area contributed by atoms with E-state index in [9.17, 15) is 4.79 Å². The molecule has 0 saturated carbocycles. The Labute approximate surface area is 129 Å². The van der Waals surface area contributed by atoms with Crippen LogP contribution in [0, 0.1) is 0 Å². The van der Waals surface area contributed by atoms with Gasteiger partial charge in [0.2, 0.25) is 0 Å². The first kappa shape index (κ1) is 17.0. The van der Waals surface area contributed by atoms with Crippen molar-refractivity contribution in [2.24, 2.45) is 0 Å². The summed E-state index contributed by atoms with van der Waals surface area (Å²) in [5.41, 5.74) is 7.01. The highest BCUT2D eigenvalue weighted by atomic mass is 79.9. The molecular weight excluding hydrogens is 320 g/mol. The smallest absolute Gasteiger partial charge is 0.256 e. The molecule has 5 heteroatoms. The Kier molecular flexibility index (Phi) is 7.02. The number of halogens is 1. The Morgan fingerprint density at radius 2 is 2.05 bits per heavy atom. The second-order valence-electron chi connectivity index (χ2n) is 4.69. The summed E-state index contributed by atoms with van der Waals surface area (Å²) in [7, 11) is 1.64. The fourth-order valence-corrected chi connectivity index (χ4v) is 2.63. The number of ether oxygens (including phenoxy) is 1. The first-order chi connectivity index (χ1) is 9.54. The number of methoxy groups -OCH3 is 1. The van der Waals surface area contributed by atoms with Crippen molar-refractivity contribution in [2.45, 2.75) is 32.7 Å². The summed E-state index contributed by atoms with van der Waals surface area (Å²) in [5.74, 6) is -0.0271. The van der Waals surface area contributed by atoms with Gasteiger partial charge in [0.15, 0.2) is 0 Å². The summed E-state index contributed by atoms with van der Waals surface area (Å²) in [6.45, 7) is 5.29. The van der Waals surface area contributed by atoms with Crippen molar-refractivity contribution in [2.75, 3.05) is 26.0 Å². The number of hydrogen-bond donors (Lipinski definition) is 1. The van der Waals surface area contributed by atoms with E-state index in [1.807, 2.05) is 11.0 Å². The van der Waals surface area contributed by atoms with E-state index >= 15 is 0 Å². The van der Waals surface area contributed by atoms with Gasteiger partial charge in [-0.3, -0.25) is 4.79 Å². The van der Waals surface area contributed by atoms with Gasteiger partial charge in [-0.15, -0.1) is 0 Å². The van der Waals surface area contributed by atoms with E-state index < -0.39 is 0 Å². The minimum Gasteiger partial charge on any atom is -0.398 e. The standard InChI is InChI=1S/C15H23BrN2O2/c1-4-12(5-2)18(8-9-20-3)15(19)13-7-6-11(16)10-14(13)17/h6-7,10,12H,4-5,8-9,17H2,1-3H3. The zero-order valence-electron chi connectivity index (χ0n) is 12.4. The molecule has 0 atom stereocenters. The lowest BCUT2D eigenvalue weighted by atomic mass is 10.1. The lowest BCUT2D eigenvalue weighted by Crippen LogP contribution is -2.42. The molecule has 0 unspecified atom stereocenters. The van der Waals surface area contributed by atoms with Gasteiger partial charge in [0.05, 0.1) is 12.2 Å². The average Bonchev–Trinajstić information content (AvgIpc) is 2.43. The molecule has 2 N–H and O–H groups in total. The third-order valence-electron chi connectivity index (χ3n) is 3.42. The van der Waals surface area contributed by atoms with Crippen molar-refractivity contribution >= 4 is 27.5 Å². The molecule has 0 radical (unpaired) electrons. The van der Waals surface area contributed by atoms with Gasteiger partial charge in [0.25, 0.3) is 5.91 Å². The molecule has 1 amide bonds. The van der Waals surface area contributed by atoms with Gasteiger partial charge in [0.1, 0.15) is 0 Å². The van der Waals surface area contributed by atoms with Crippen LogP contribution in [0.5, 0.6) is 0 Å². The largest absolute Gasteiger partial charge is 0.398 e. The second kappa shape index (κ2) is 8.27. The Bertz CT molecular complexity index is 447. The van der Waals surface area contributed by atoms with E-state index in [2.05, 4.69) is 29.8 Å². The lowest BCUT2D eigenvalue weighted by Gasteiger charge is -2.31. The molecule has 0 spiro atoms. The van der Waals surface area contributed by atoms with Crippen LogP contribution in [0.1, 0.15) is 37.0 Å². The number of hydrogen-bond acceptors (Lipinski definition) is 3. The van der Waals surface area contributed by atoms with Crippen molar-refractivity contribution in [3.8, 4) is 0 Å². The SMILES string of the molecule is CCC(CC)N(CCOC)C(=O)c1ccc(Br)cc1N. The molecule has 20 heavy (non-hydrogen) atoms. The second-order valence-corrected chi connectivity index (χ2v) is 5.61. The van der Waals surface area contributed by atoms with Crippen LogP contribution >= 0.6 is 15.9 Å². The van der Waals surface area contributed by atoms with Crippen molar-refractivity contribution in [1.82, 2.24) is 4.90 Å². The predicted molar refractivity (Wildman–Crippen MR) is 85.8 cm³/mol. The molecule has 0 aliphatic carbocycles. The molecular formula is C15H23BrN2O2. The normalized spacial score (nSPS) is 10.8. The first-order valence-electron chi connectivity index (χ1n) is 6.90. The number of carbonyl (C=O) groups excluding carboxylic acids is 1. The summed E-state index contributed by atoms with van der Waals surface area (Å²) in [5, 5.41) is 0. The highest BCUT2D eigenvalue weighted by Crippen LogP contribution is 2.22. The van der Waals surface area contributed by atoms with E-state index in [0.29, 0.717) is 24.4 Å². The van der Waals surface area contributed by atoms with Gasteiger partial charge < -0.3 is 15.4 Å². The predicted octanol–water partition coefficient (Wildman–Crippen LogP) is 3.31. The van der Waals surface area contributed by atoms with Crippen LogP contribution in [0.25, 0.3) is 0 Å². The fraction of sp³-hybridized carbons (Fsp3) is 0.533. The average molecular weight is 343 g/mol. The number of nitrogen functional groups attached to an aromatic ring is 1. The monoisotopic (exact) mass is 342 g/mol. The van der Waals surface area contributed by atoms with Crippen LogP contribution in [0.15, 0.2) is 22.7 Å². The Morgan fingerprint density at radius 1 is 1.40 bits per heavy atom. The summed E-state index contributed by atoms with van der Waals surface area (Å²) in [6, 6.07) is 5.57. The lowest BCUT2D eigenvalue weighted by molar-refractivity contribution is 0.0590. The van der Waals surface area contributed by atoms with Crippen molar-refractivity contribution in [3.63, 3.8) is 0 Å². The molecule has 1 aromatic rings. The molecule has 0 bridgehead atoms. The van der Waals surface area contributed by atoms with Gasteiger partial charge in [-0.25, -0.2) is 0 Å². The molecule has 1 aromatic carbocycles. The molecule has 112 valence electrons. The Morgan fingerprint density at radius 3 is 2.55 bits per heavy atom. The number of nitrogens with two attached hydrogens (primary N) is 1. The van der Waals surface area contributed by atoms with Gasteiger partial charge in [-0.1, -0.05) is 29.8 Å². The number of benzene rings is 1. The minimum atomic E-state index is -0.0271. The molecule has 0 aromatic heterocycles. The molecule has 0 aliphatic heterocycles. The number of amides is 1. The Hall–Kier alpha value is -1.07. The van der Waals surface area contributed by atoms with Crippen LogP contribution in [0.4, 0.5) is 5.69 Å². The third-order valence-corrected chi connectivity index (χ3v) is 3.92. The van der Waals surface area contributed by atoms with Crippen LogP contribution in [-0.2, 0) is 4.74 Å². The zero-order valence-corrected chi connectivity index (χ0v) is 13.9. The first-order valence-corrected chi connectivity index (χ1v) is 7.69. The Balaban J connectivity index is 3.02. The maximum Gasteiger partial charge on any atom is 0.256 e. The summed E-state index contributed by atoms with van der Waals surface area (Å²) in [6.07, 6.45) is 1.84. The number of nitrogens with zero attached hydrogens (tertiary/aromatic N) is 1. The zero-order chi connectivity index (χ0) is 15.1. The van der Waals surface area contributed by atoms with Gasteiger partial charge in [-0.05, 0) is 31.0 Å². The van der Waals surface area contributed by atoms with E-state index in [0.717, 1.165) is 17.3 Å². The van der Waals surface area contributed by atoms with E-state index in [1.54, 1.807) is 19.2 Å². The van der Waals surface area contributed by atoms with E-state index in [1.165, 1.54) is 0 Å². The van der Waals surface area contributed by atoms with E-state index in [-0.39, 0.29) is 11.9 Å². The fourth-order valence-electron chi connectivity index (χ4n) is 2.25. The van der Waals surface area contributed by atoms with Crippen LogP contribution in [0.2, 0.25) is 0 Å².